The Kier molecular flexibility index (Phi) is 7.02. The molecule has 1 aromatic carbocycles. The minimum Gasteiger partial charge on any atom is -0.312 e. The lowest BCUT2D eigenvalue weighted by atomic mass is 10.1. The van der Waals surface area contributed by atoms with Crippen LogP contribution in [-0.4, -0.2) is 38.1 Å². The highest BCUT2D eigenvalue weighted by atomic mass is 35.5. The van der Waals surface area contributed by atoms with Gasteiger partial charge < -0.3 is 10.2 Å². The summed E-state index contributed by atoms with van der Waals surface area (Å²) < 4.78 is 0. The molecule has 4 heteroatoms. The van der Waals surface area contributed by atoms with Crippen LogP contribution in [0.2, 0.25) is 10.0 Å². The van der Waals surface area contributed by atoms with Crippen molar-refractivity contribution in [3.63, 3.8) is 0 Å². The fourth-order valence-electron chi connectivity index (χ4n) is 1.94. The Balaban J connectivity index is 2.65. The largest absolute Gasteiger partial charge is 0.312 e. The molecule has 1 aromatic rings. The number of hydrogen-bond acceptors (Lipinski definition) is 2. The van der Waals surface area contributed by atoms with E-state index in [0.717, 1.165) is 25.9 Å². The third-order valence-electron chi connectivity index (χ3n) is 2.73. The molecular formula is C14H22Cl2N2. The first-order chi connectivity index (χ1) is 8.52. The van der Waals surface area contributed by atoms with Gasteiger partial charge in [-0.05, 0) is 51.2 Å². The van der Waals surface area contributed by atoms with Crippen LogP contribution in [0.3, 0.4) is 0 Å². The summed E-state index contributed by atoms with van der Waals surface area (Å²) >= 11 is 12.0. The molecule has 2 nitrogen and oxygen atoms in total. The van der Waals surface area contributed by atoms with Gasteiger partial charge >= 0.3 is 0 Å². The lowest BCUT2D eigenvalue weighted by Gasteiger charge is -2.22. The second-order valence-corrected chi connectivity index (χ2v) is 5.68. The standard InChI is InChI=1S/C14H22Cl2N2/c1-4-7-17-12(10-18(2)3)8-11-5-6-13(15)14(16)9-11/h5-6,9,12,17H,4,7-8,10H2,1-3H3. The van der Waals surface area contributed by atoms with Gasteiger partial charge in [0.1, 0.15) is 0 Å². The molecule has 0 aliphatic heterocycles. The SMILES string of the molecule is CCCNC(Cc1ccc(Cl)c(Cl)c1)CN(C)C. The number of likely N-dealkylation sites (N-methyl/N-ethyl adjacent to an activating group) is 1. The molecule has 0 aromatic heterocycles. The smallest absolute Gasteiger partial charge is 0.0595 e. The van der Waals surface area contributed by atoms with Gasteiger partial charge in [-0.2, -0.15) is 0 Å². The molecular weight excluding hydrogens is 267 g/mol. The molecule has 0 spiro atoms. The topological polar surface area (TPSA) is 15.3 Å². The predicted molar refractivity (Wildman–Crippen MR) is 80.8 cm³/mol. The van der Waals surface area contributed by atoms with Crippen LogP contribution < -0.4 is 5.32 Å². The molecule has 0 saturated carbocycles. The minimum absolute atomic E-state index is 0.442. The lowest BCUT2D eigenvalue weighted by molar-refractivity contribution is 0.336. The van der Waals surface area contributed by atoms with Gasteiger partial charge in [0.25, 0.3) is 0 Å². The zero-order chi connectivity index (χ0) is 13.5. The minimum atomic E-state index is 0.442. The van der Waals surface area contributed by atoms with Gasteiger partial charge in [0.2, 0.25) is 0 Å². The number of rotatable bonds is 7. The second kappa shape index (κ2) is 8.00. The van der Waals surface area contributed by atoms with Crippen molar-refractivity contribution in [3.8, 4) is 0 Å². The molecule has 0 amide bonds. The van der Waals surface area contributed by atoms with Crippen LogP contribution in [0, 0.1) is 0 Å². The second-order valence-electron chi connectivity index (χ2n) is 4.87. The summed E-state index contributed by atoms with van der Waals surface area (Å²) in [4.78, 5) is 2.20. The van der Waals surface area contributed by atoms with Gasteiger partial charge in [-0.1, -0.05) is 36.2 Å². The number of hydrogen-bond donors (Lipinski definition) is 1. The molecule has 0 bridgehead atoms. The van der Waals surface area contributed by atoms with Gasteiger partial charge in [0, 0.05) is 12.6 Å². The van der Waals surface area contributed by atoms with Crippen LogP contribution in [0.5, 0.6) is 0 Å². The average Bonchev–Trinajstić information content (AvgIpc) is 2.30. The van der Waals surface area contributed by atoms with Gasteiger partial charge in [-0.3, -0.25) is 0 Å². The van der Waals surface area contributed by atoms with E-state index in [9.17, 15) is 0 Å². The van der Waals surface area contributed by atoms with E-state index in [0.29, 0.717) is 16.1 Å². The van der Waals surface area contributed by atoms with Crippen molar-refractivity contribution >= 4 is 23.2 Å². The van der Waals surface area contributed by atoms with E-state index in [2.05, 4.69) is 31.2 Å². The number of halogens is 2. The normalized spacial score (nSPS) is 13.0. The van der Waals surface area contributed by atoms with E-state index in [-0.39, 0.29) is 0 Å². The molecule has 0 radical (unpaired) electrons. The predicted octanol–water partition coefficient (Wildman–Crippen LogP) is 3.47. The Morgan fingerprint density at radius 2 is 1.94 bits per heavy atom. The van der Waals surface area contributed by atoms with E-state index in [4.69, 9.17) is 23.2 Å². The lowest BCUT2D eigenvalue weighted by Crippen LogP contribution is -2.40. The summed E-state index contributed by atoms with van der Waals surface area (Å²) in [6.07, 6.45) is 2.11. The van der Waals surface area contributed by atoms with Crippen molar-refractivity contribution in [2.24, 2.45) is 0 Å². The summed E-state index contributed by atoms with van der Waals surface area (Å²) in [6, 6.07) is 6.31. The highest BCUT2D eigenvalue weighted by Crippen LogP contribution is 2.23. The summed E-state index contributed by atoms with van der Waals surface area (Å²) in [7, 11) is 4.19. The first kappa shape index (κ1) is 15.8. The average molecular weight is 289 g/mol. The van der Waals surface area contributed by atoms with Crippen LogP contribution in [-0.2, 0) is 6.42 Å². The summed E-state index contributed by atoms with van der Waals surface area (Å²) in [5, 5.41) is 4.81. The molecule has 1 N–H and O–H groups in total. The quantitative estimate of drug-likeness (QED) is 0.827. The zero-order valence-corrected chi connectivity index (χ0v) is 12.9. The Labute approximate surface area is 120 Å². The van der Waals surface area contributed by atoms with Crippen LogP contribution in [0.25, 0.3) is 0 Å². The zero-order valence-electron chi connectivity index (χ0n) is 11.3. The van der Waals surface area contributed by atoms with E-state index < -0.39 is 0 Å². The van der Waals surface area contributed by atoms with E-state index in [1.54, 1.807) is 0 Å². The Hall–Kier alpha value is -0.280. The van der Waals surface area contributed by atoms with Crippen molar-refractivity contribution in [2.75, 3.05) is 27.2 Å². The van der Waals surface area contributed by atoms with Crippen LogP contribution in [0.4, 0.5) is 0 Å². The fraction of sp³-hybridized carbons (Fsp3) is 0.571. The van der Waals surface area contributed by atoms with E-state index in [1.165, 1.54) is 5.56 Å². The molecule has 1 atom stereocenters. The number of nitrogens with zero attached hydrogens (tertiary/aromatic N) is 1. The third kappa shape index (κ3) is 5.57. The highest BCUT2D eigenvalue weighted by Gasteiger charge is 2.10. The first-order valence-electron chi connectivity index (χ1n) is 6.35. The molecule has 102 valence electrons. The number of nitrogens with one attached hydrogen (secondary N) is 1. The molecule has 18 heavy (non-hydrogen) atoms. The Morgan fingerprint density at radius 3 is 2.50 bits per heavy atom. The molecule has 1 rings (SSSR count). The van der Waals surface area contributed by atoms with Crippen molar-refractivity contribution in [2.45, 2.75) is 25.8 Å². The molecule has 1 unspecified atom stereocenters. The van der Waals surface area contributed by atoms with Gasteiger partial charge in [0.05, 0.1) is 10.0 Å². The van der Waals surface area contributed by atoms with E-state index >= 15 is 0 Å². The van der Waals surface area contributed by atoms with Crippen molar-refractivity contribution in [3.05, 3.63) is 33.8 Å². The van der Waals surface area contributed by atoms with Gasteiger partial charge in [0.15, 0.2) is 0 Å². The molecule has 0 fully saturated rings. The van der Waals surface area contributed by atoms with Crippen LogP contribution in [0.15, 0.2) is 18.2 Å². The molecule has 0 heterocycles. The maximum atomic E-state index is 6.04. The van der Waals surface area contributed by atoms with Gasteiger partial charge in [-0.15, -0.1) is 0 Å². The van der Waals surface area contributed by atoms with Crippen molar-refractivity contribution in [1.82, 2.24) is 10.2 Å². The van der Waals surface area contributed by atoms with Crippen LogP contribution in [0.1, 0.15) is 18.9 Å². The third-order valence-corrected chi connectivity index (χ3v) is 3.47. The number of benzene rings is 1. The fourth-order valence-corrected chi connectivity index (χ4v) is 2.26. The molecule has 0 aliphatic rings. The van der Waals surface area contributed by atoms with Crippen LogP contribution >= 0.6 is 23.2 Å². The maximum absolute atomic E-state index is 6.04. The molecule has 0 saturated heterocycles. The first-order valence-corrected chi connectivity index (χ1v) is 7.10. The Bertz CT molecular complexity index is 367. The summed E-state index contributed by atoms with van der Waals surface area (Å²) in [6.45, 7) is 4.24. The van der Waals surface area contributed by atoms with Crippen molar-refractivity contribution < 1.29 is 0 Å². The van der Waals surface area contributed by atoms with Crippen molar-refractivity contribution in [1.29, 1.82) is 0 Å². The highest BCUT2D eigenvalue weighted by molar-refractivity contribution is 6.42. The maximum Gasteiger partial charge on any atom is 0.0595 e. The monoisotopic (exact) mass is 288 g/mol. The summed E-state index contributed by atoms with van der Waals surface area (Å²) in [5.41, 5.74) is 1.22. The van der Waals surface area contributed by atoms with Gasteiger partial charge in [-0.25, -0.2) is 0 Å². The summed E-state index contributed by atoms with van der Waals surface area (Å²) in [5.74, 6) is 0. The van der Waals surface area contributed by atoms with E-state index in [1.807, 2.05) is 18.2 Å². The molecule has 0 aliphatic carbocycles. The Morgan fingerprint density at radius 1 is 1.22 bits per heavy atom.